The maximum Gasteiger partial charge on any atom is 0.216 e. The number of oxazole rings is 1. The fourth-order valence-electron chi connectivity index (χ4n) is 2.96. The Labute approximate surface area is 163 Å². The first kappa shape index (κ1) is 21.3. The van der Waals surface area contributed by atoms with Gasteiger partial charge in [-0.05, 0) is 25.7 Å². The first-order valence-electron chi connectivity index (χ1n) is 8.88. The molecule has 0 amide bonds. The molecule has 2 atom stereocenters. The topological polar surface area (TPSA) is 62.5 Å². The molecule has 1 aromatic heterocycles. The van der Waals surface area contributed by atoms with Gasteiger partial charge in [0.05, 0.1) is 6.20 Å². The Morgan fingerprint density at radius 2 is 2.12 bits per heavy atom. The first-order valence-corrected chi connectivity index (χ1v) is 8.88. The predicted octanol–water partition coefficient (Wildman–Crippen LogP) is 4.22. The van der Waals surface area contributed by atoms with Gasteiger partial charge in [0, 0.05) is 18.0 Å². The number of nitrogens with zero attached hydrogens (tertiary/aromatic N) is 2. The molecule has 2 N–H and O–H groups in total. The van der Waals surface area contributed by atoms with Crippen molar-refractivity contribution in [1.82, 2.24) is 15.6 Å². The summed E-state index contributed by atoms with van der Waals surface area (Å²) in [4.78, 5) is 8.98. The number of aromatic nitrogens is 1. The van der Waals surface area contributed by atoms with Crippen LogP contribution >= 0.6 is 24.0 Å². The average molecular weight is 448 g/mol. The highest BCUT2D eigenvalue weighted by atomic mass is 127. The van der Waals surface area contributed by atoms with Gasteiger partial charge in [0.2, 0.25) is 5.89 Å². The van der Waals surface area contributed by atoms with E-state index in [1.54, 1.807) is 0 Å². The van der Waals surface area contributed by atoms with Crippen LogP contribution in [0, 0.1) is 5.92 Å². The van der Waals surface area contributed by atoms with Crippen LogP contribution in [0.5, 0.6) is 0 Å². The highest BCUT2D eigenvalue weighted by Gasteiger charge is 2.20. The van der Waals surface area contributed by atoms with Gasteiger partial charge in [-0.25, -0.2) is 9.98 Å². The zero-order chi connectivity index (χ0) is 16.9. The van der Waals surface area contributed by atoms with Gasteiger partial charge in [0.1, 0.15) is 12.3 Å². The van der Waals surface area contributed by atoms with E-state index in [4.69, 9.17) is 4.42 Å². The van der Waals surface area contributed by atoms with Crippen molar-refractivity contribution in [2.24, 2.45) is 10.9 Å². The van der Waals surface area contributed by atoms with E-state index in [0.717, 1.165) is 24.2 Å². The van der Waals surface area contributed by atoms with Crippen LogP contribution in [0.15, 0.2) is 15.6 Å². The minimum Gasteiger partial charge on any atom is -0.443 e. The molecule has 1 aliphatic rings. The van der Waals surface area contributed by atoms with Crippen molar-refractivity contribution >= 4 is 29.9 Å². The Hall–Kier alpha value is -0.790. The zero-order valence-electron chi connectivity index (χ0n) is 15.7. The molecule has 0 aliphatic heterocycles. The number of hydrogen-bond acceptors (Lipinski definition) is 3. The van der Waals surface area contributed by atoms with Gasteiger partial charge in [-0.15, -0.1) is 24.0 Å². The SMILES string of the molecule is CCNC(=NCc1ncc(C(C)(C)C)o1)NC1CCCC(C)C1.I. The molecule has 1 fully saturated rings. The summed E-state index contributed by atoms with van der Waals surface area (Å²) < 4.78 is 5.81. The van der Waals surface area contributed by atoms with E-state index in [0.29, 0.717) is 18.5 Å². The van der Waals surface area contributed by atoms with E-state index >= 15 is 0 Å². The summed E-state index contributed by atoms with van der Waals surface area (Å²) in [5, 5.41) is 6.89. The van der Waals surface area contributed by atoms with Crippen molar-refractivity contribution in [2.45, 2.75) is 78.3 Å². The molecule has 1 heterocycles. The summed E-state index contributed by atoms with van der Waals surface area (Å²) >= 11 is 0. The minimum absolute atomic E-state index is 0. The molecule has 2 unspecified atom stereocenters. The van der Waals surface area contributed by atoms with Gasteiger partial charge in [-0.1, -0.05) is 40.5 Å². The number of halogens is 1. The van der Waals surface area contributed by atoms with Crippen LogP contribution in [0.3, 0.4) is 0 Å². The Kier molecular flexibility index (Phi) is 8.53. The Bertz CT molecular complexity index is 521. The molecule has 138 valence electrons. The van der Waals surface area contributed by atoms with Crippen molar-refractivity contribution in [3.63, 3.8) is 0 Å². The van der Waals surface area contributed by atoms with Gasteiger partial charge in [-0.2, -0.15) is 0 Å². The molecule has 0 radical (unpaired) electrons. The molecule has 0 bridgehead atoms. The monoisotopic (exact) mass is 448 g/mol. The first-order chi connectivity index (χ1) is 10.9. The highest BCUT2D eigenvalue weighted by Crippen LogP contribution is 2.24. The van der Waals surface area contributed by atoms with Crippen LogP contribution in [0.2, 0.25) is 0 Å². The number of hydrogen-bond donors (Lipinski definition) is 2. The summed E-state index contributed by atoms with van der Waals surface area (Å²) in [6.45, 7) is 12.1. The second-order valence-corrected chi connectivity index (χ2v) is 7.68. The summed E-state index contributed by atoms with van der Waals surface area (Å²) in [7, 11) is 0. The smallest absolute Gasteiger partial charge is 0.216 e. The van der Waals surface area contributed by atoms with Crippen LogP contribution in [0.25, 0.3) is 0 Å². The third-order valence-electron chi connectivity index (χ3n) is 4.29. The molecular formula is C18H33IN4O. The number of guanidine groups is 1. The molecule has 5 nitrogen and oxygen atoms in total. The van der Waals surface area contributed by atoms with E-state index in [1.165, 1.54) is 25.7 Å². The third-order valence-corrected chi connectivity index (χ3v) is 4.29. The third kappa shape index (κ3) is 6.61. The van der Waals surface area contributed by atoms with Crippen LogP contribution in [-0.2, 0) is 12.0 Å². The van der Waals surface area contributed by atoms with Crippen LogP contribution in [0.1, 0.15) is 72.0 Å². The van der Waals surface area contributed by atoms with Crippen molar-refractivity contribution in [3.8, 4) is 0 Å². The van der Waals surface area contributed by atoms with Crippen molar-refractivity contribution in [1.29, 1.82) is 0 Å². The highest BCUT2D eigenvalue weighted by molar-refractivity contribution is 14.0. The standard InChI is InChI=1S/C18H32N4O.HI/c1-6-19-17(22-14-9-7-8-13(2)10-14)21-12-16-20-11-15(23-16)18(3,4)5;/h11,13-14H,6-10,12H2,1-5H3,(H2,19,21,22);1H. The molecule has 1 aromatic rings. The maximum absolute atomic E-state index is 5.81. The summed E-state index contributed by atoms with van der Waals surface area (Å²) in [6.07, 6.45) is 6.90. The van der Waals surface area contributed by atoms with Gasteiger partial charge in [0.25, 0.3) is 0 Å². The van der Waals surface area contributed by atoms with Crippen LogP contribution in [0.4, 0.5) is 0 Å². The fraction of sp³-hybridized carbons (Fsp3) is 0.778. The molecule has 1 saturated carbocycles. The Morgan fingerprint density at radius 3 is 2.71 bits per heavy atom. The number of rotatable bonds is 4. The fourth-order valence-corrected chi connectivity index (χ4v) is 2.96. The molecule has 2 rings (SSSR count). The molecule has 1 aliphatic carbocycles. The molecule has 6 heteroatoms. The molecular weight excluding hydrogens is 415 g/mol. The van der Waals surface area contributed by atoms with Crippen LogP contribution < -0.4 is 10.6 Å². The lowest BCUT2D eigenvalue weighted by Gasteiger charge is -2.28. The van der Waals surface area contributed by atoms with E-state index in [1.807, 2.05) is 6.20 Å². The number of aliphatic imine (C=N–C) groups is 1. The summed E-state index contributed by atoms with van der Waals surface area (Å²) in [5.74, 6) is 3.23. The Morgan fingerprint density at radius 1 is 1.38 bits per heavy atom. The average Bonchev–Trinajstić information content (AvgIpc) is 2.94. The lowest BCUT2D eigenvalue weighted by molar-refractivity contribution is 0.324. The second kappa shape index (κ2) is 9.63. The summed E-state index contributed by atoms with van der Waals surface area (Å²) in [5.41, 5.74) is -0.0179. The van der Waals surface area contributed by atoms with E-state index in [-0.39, 0.29) is 29.4 Å². The second-order valence-electron chi connectivity index (χ2n) is 7.68. The summed E-state index contributed by atoms with van der Waals surface area (Å²) in [6, 6.07) is 0.520. The van der Waals surface area contributed by atoms with E-state index in [2.05, 4.69) is 55.2 Å². The number of nitrogens with one attached hydrogen (secondary N) is 2. The van der Waals surface area contributed by atoms with Gasteiger partial charge in [-0.3, -0.25) is 0 Å². The molecule has 0 saturated heterocycles. The lowest BCUT2D eigenvalue weighted by atomic mass is 9.87. The van der Waals surface area contributed by atoms with Crippen LogP contribution in [-0.4, -0.2) is 23.5 Å². The van der Waals surface area contributed by atoms with Gasteiger partial charge >= 0.3 is 0 Å². The molecule has 24 heavy (non-hydrogen) atoms. The van der Waals surface area contributed by atoms with Gasteiger partial charge < -0.3 is 15.1 Å². The van der Waals surface area contributed by atoms with Crippen molar-refractivity contribution in [3.05, 3.63) is 17.8 Å². The Balaban J connectivity index is 0.00000288. The maximum atomic E-state index is 5.81. The molecule has 0 aromatic carbocycles. The van der Waals surface area contributed by atoms with Gasteiger partial charge in [0.15, 0.2) is 5.96 Å². The van der Waals surface area contributed by atoms with Crippen molar-refractivity contribution < 1.29 is 4.42 Å². The zero-order valence-corrected chi connectivity index (χ0v) is 18.0. The lowest BCUT2D eigenvalue weighted by Crippen LogP contribution is -2.45. The van der Waals surface area contributed by atoms with Crippen molar-refractivity contribution in [2.75, 3.05) is 6.54 Å². The normalized spacial score (nSPS) is 22.0. The quantitative estimate of drug-likeness (QED) is 0.411. The van der Waals surface area contributed by atoms with E-state index in [9.17, 15) is 0 Å². The predicted molar refractivity (Wildman–Crippen MR) is 110 cm³/mol. The molecule has 0 spiro atoms. The largest absolute Gasteiger partial charge is 0.443 e. The van der Waals surface area contributed by atoms with E-state index < -0.39 is 0 Å². The minimum atomic E-state index is -0.0179.